The van der Waals surface area contributed by atoms with E-state index in [-0.39, 0.29) is 11.8 Å². The Morgan fingerprint density at radius 3 is 2.35 bits per heavy atom. The van der Waals surface area contributed by atoms with Crippen LogP contribution in [0.25, 0.3) is 0 Å². The summed E-state index contributed by atoms with van der Waals surface area (Å²) in [6.45, 7) is 6.76. The van der Waals surface area contributed by atoms with E-state index >= 15 is 0 Å². The van der Waals surface area contributed by atoms with Crippen molar-refractivity contribution in [3.63, 3.8) is 0 Å². The summed E-state index contributed by atoms with van der Waals surface area (Å²) in [5.41, 5.74) is -1.03. The number of hydrogen-bond acceptors (Lipinski definition) is 3. The second-order valence-corrected chi connectivity index (χ2v) is 5.49. The Labute approximate surface area is 103 Å². The Kier molecular flexibility index (Phi) is 3.81. The van der Waals surface area contributed by atoms with E-state index in [1.54, 1.807) is 19.0 Å². The monoisotopic (exact) mass is 241 g/mol. The highest BCUT2D eigenvalue weighted by Gasteiger charge is 2.44. The van der Waals surface area contributed by atoms with Crippen molar-refractivity contribution in [2.45, 2.75) is 32.7 Å². The molecule has 0 radical (unpaired) electrons. The summed E-state index contributed by atoms with van der Waals surface area (Å²) in [4.78, 5) is 25.8. The molecule has 0 spiro atoms. The maximum absolute atomic E-state index is 12.2. The summed E-state index contributed by atoms with van der Waals surface area (Å²) >= 11 is 0. The minimum Gasteiger partial charge on any atom is -0.359 e. The van der Waals surface area contributed by atoms with Crippen molar-refractivity contribution in [1.82, 2.24) is 15.5 Å². The normalized spacial score (nSPS) is 24.9. The predicted octanol–water partition coefficient (Wildman–Crippen LogP) is -0.0310. The average Bonchev–Trinajstić information content (AvgIpc) is 2.70. The molecule has 98 valence electrons. The Bertz CT molecular complexity index is 328. The van der Waals surface area contributed by atoms with E-state index in [1.165, 1.54) is 0 Å². The van der Waals surface area contributed by atoms with Crippen molar-refractivity contribution in [3.8, 4) is 0 Å². The molecular formula is C12H23N3O2. The Hall–Kier alpha value is -1.10. The van der Waals surface area contributed by atoms with Crippen LogP contribution < -0.4 is 10.6 Å². The molecule has 0 bridgehead atoms. The lowest BCUT2D eigenvalue weighted by Gasteiger charge is -2.30. The third kappa shape index (κ3) is 2.60. The van der Waals surface area contributed by atoms with E-state index in [9.17, 15) is 9.59 Å². The van der Waals surface area contributed by atoms with Crippen LogP contribution >= 0.6 is 0 Å². The molecule has 0 aromatic carbocycles. The van der Waals surface area contributed by atoms with Gasteiger partial charge in [0.05, 0.1) is 11.0 Å². The van der Waals surface area contributed by atoms with E-state index in [4.69, 9.17) is 0 Å². The van der Waals surface area contributed by atoms with Gasteiger partial charge in [0.15, 0.2) is 0 Å². The summed E-state index contributed by atoms with van der Waals surface area (Å²) in [7, 11) is 3.40. The first-order valence-electron chi connectivity index (χ1n) is 5.97. The molecule has 1 heterocycles. The predicted molar refractivity (Wildman–Crippen MR) is 66.5 cm³/mol. The number of likely N-dealkylation sites (N-methyl/N-ethyl adjacent to an activating group) is 1. The molecule has 2 amide bonds. The smallest absolute Gasteiger partial charge is 0.242 e. The van der Waals surface area contributed by atoms with Gasteiger partial charge in [-0.2, -0.15) is 0 Å². The molecule has 1 atom stereocenters. The van der Waals surface area contributed by atoms with Crippen LogP contribution in [-0.4, -0.2) is 49.4 Å². The van der Waals surface area contributed by atoms with Gasteiger partial charge in [0.1, 0.15) is 0 Å². The quantitative estimate of drug-likeness (QED) is 0.729. The van der Waals surface area contributed by atoms with E-state index in [0.29, 0.717) is 13.1 Å². The lowest BCUT2D eigenvalue weighted by molar-refractivity contribution is -0.137. The first-order valence-corrected chi connectivity index (χ1v) is 5.97. The molecule has 5 heteroatoms. The summed E-state index contributed by atoms with van der Waals surface area (Å²) < 4.78 is 0. The standard InChI is InChI=1S/C12H23N3O2/c1-11(2,14-5)10(17)15-7-6-12(3,8-15)9(16)13-4/h14H,6-8H2,1-5H3,(H,13,16). The van der Waals surface area contributed by atoms with Crippen LogP contribution in [0.15, 0.2) is 0 Å². The van der Waals surface area contributed by atoms with Crippen molar-refractivity contribution in [2.24, 2.45) is 5.41 Å². The van der Waals surface area contributed by atoms with Crippen LogP contribution in [0.4, 0.5) is 0 Å². The van der Waals surface area contributed by atoms with Crippen LogP contribution in [0, 0.1) is 5.41 Å². The van der Waals surface area contributed by atoms with Crippen molar-refractivity contribution in [2.75, 3.05) is 27.2 Å². The largest absolute Gasteiger partial charge is 0.359 e. The number of hydrogen-bond donors (Lipinski definition) is 2. The fourth-order valence-electron chi connectivity index (χ4n) is 2.12. The van der Waals surface area contributed by atoms with Crippen molar-refractivity contribution in [1.29, 1.82) is 0 Å². The molecule has 1 aliphatic heterocycles. The zero-order chi connectivity index (χ0) is 13.3. The summed E-state index contributed by atoms with van der Waals surface area (Å²) in [5, 5.41) is 5.66. The second kappa shape index (κ2) is 4.64. The Morgan fingerprint density at radius 1 is 1.29 bits per heavy atom. The Morgan fingerprint density at radius 2 is 1.88 bits per heavy atom. The summed E-state index contributed by atoms with van der Waals surface area (Å²) in [6, 6.07) is 0. The van der Waals surface area contributed by atoms with E-state index in [1.807, 2.05) is 20.8 Å². The number of carbonyl (C=O) groups is 2. The lowest BCUT2D eigenvalue weighted by Crippen LogP contribution is -2.53. The maximum Gasteiger partial charge on any atom is 0.242 e. The van der Waals surface area contributed by atoms with E-state index in [0.717, 1.165) is 6.42 Å². The topological polar surface area (TPSA) is 61.4 Å². The molecule has 0 saturated carbocycles. The number of amides is 2. The third-order valence-electron chi connectivity index (χ3n) is 3.70. The van der Waals surface area contributed by atoms with Gasteiger partial charge in [0, 0.05) is 20.1 Å². The molecule has 1 saturated heterocycles. The van der Waals surface area contributed by atoms with Gasteiger partial charge in [-0.1, -0.05) is 0 Å². The van der Waals surface area contributed by atoms with Gasteiger partial charge in [-0.3, -0.25) is 9.59 Å². The molecule has 1 fully saturated rings. The fourth-order valence-corrected chi connectivity index (χ4v) is 2.12. The van der Waals surface area contributed by atoms with Gasteiger partial charge in [0.2, 0.25) is 11.8 Å². The summed E-state index contributed by atoms with van der Waals surface area (Å²) in [6.07, 6.45) is 0.720. The van der Waals surface area contributed by atoms with Crippen LogP contribution in [0.1, 0.15) is 27.2 Å². The third-order valence-corrected chi connectivity index (χ3v) is 3.70. The number of nitrogens with zero attached hydrogens (tertiary/aromatic N) is 1. The van der Waals surface area contributed by atoms with Crippen LogP contribution in [-0.2, 0) is 9.59 Å². The second-order valence-electron chi connectivity index (χ2n) is 5.49. The van der Waals surface area contributed by atoms with Crippen LogP contribution in [0.2, 0.25) is 0 Å². The highest BCUT2D eigenvalue weighted by molar-refractivity contribution is 5.88. The molecular weight excluding hydrogens is 218 g/mol. The van der Waals surface area contributed by atoms with Gasteiger partial charge < -0.3 is 15.5 Å². The first-order chi connectivity index (χ1) is 7.77. The van der Waals surface area contributed by atoms with Gasteiger partial charge in [0.25, 0.3) is 0 Å². The molecule has 1 unspecified atom stereocenters. The highest BCUT2D eigenvalue weighted by Crippen LogP contribution is 2.31. The Balaban J connectivity index is 2.74. The summed E-state index contributed by atoms with van der Waals surface area (Å²) in [5.74, 6) is 0.0580. The lowest BCUT2D eigenvalue weighted by atomic mass is 9.89. The zero-order valence-corrected chi connectivity index (χ0v) is 11.4. The molecule has 2 N–H and O–H groups in total. The molecule has 17 heavy (non-hydrogen) atoms. The van der Waals surface area contributed by atoms with Gasteiger partial charge in [-0.15, -0.1) is 0 Å². The SMILES string of the molecule is CNC(=O)C1(C)CCN(C(=O)C(C)(C)NC)C1. The van der Waals surface area contributed by atoms with Gasteiger partial charge >= 0.3 is 0 Å². The molecule has 0 aliphatic carbocycles. The zero-order valence-electron chi connectivity index (χ0n) is 11.4. The molecule has 5 nitrogen and oxygen atoms in total. The number of likely N-dealkylation sites (tertiary alicyclic amines) is 1. The fraction of sp³-hybridized carbons (Fsp3) is 0.833. The number of carbonyl (C=O) groups excluding carboxylic acids is 2. The van der Waals surface area contributed by atoms with Gasteiger partial charge in [-0.25, -0.2) is 0 Å². The highest BCUT2D eigenvalue weighted by atomic mass is 16.2. The first kappa shape index (κ1) is 14.0. The van der Waals surface area contributed by atoms with E-state index < -0.39 is 11.0 Å². The minimum absolute atomic E-state index is 0.00932. The average molecular weight is 241 g/mol. The maximum atomic E-state index is 12.2. The minimum atomic E-state index is -0.575. The van der Waals surface area contributed by atoms with E-state index in [2.05, 4.69) is 10.6 Å². The molecule has 1 rings (SSSR count). The number of nitrogens with one attached hydrogen (secondary N) is 2. The van der Waals surface area contributed by atoms with Crippen molar-refractivity contribution in [3.05, 3.63) is 0 Å². The van der Waals surface area contributed by atoms with Gasteiger partial charge in [-0.05, 0) is 34.2 Å². The van der Waals surface area contributed by atoms with Crippen LogP contribution in [0.5, 0.6) is 0 Å². The molecule has 1 aliphatic rings. The number of rotatable bonds is 3. The van der Waals surface area contributed by atoms with Crippen molar-refractivity contribution >= 4 is 11.8 Å². The molecule has 0 aromatic rings. The molecule has 0 aromatic heterocycles. The van der Waals surface area contributed by atoms with Crippen LogP contribution in [0.3, 0.4) is 0 Å². The van der Waals surface area contributed by atoms with Crippen molar-refractivity contribution < 1.29 is 9.59 Å².